The van der Waals surface area contributed by atoms with Crippen molar-refractivity contribution in [2.45, 2.75) is 52.5 Å². The van der Waals surface area contributed by atoms with Gasteiger partial charge < -0.3 is 10.6 Å². The Morgan fingerprint density at radius 1 is 1.41 bits per heavy atom. The molecule has 0 aromatic heterocycles. The normalized spacial score (nSPS) is 18.5. The molecule has 102 valence electrons. The molecule has 0 aliphatic heterocycles. The van der Waals surface area contributed by atoms with Crippen LogP contribution < -0.4 is 5.73 Å². The lowest BCUT2D eigenvalue weighted by atomic mass is 10.00. The zero-order valence-corrected chi connectivity index (χ0v) is 12.3. The Morgan fingerprint density at radius 2 is 1.94 bits per heavy atom. The Kier molecular flexibility index (Phi) is 6.49. The highest BCUT2D eigenvalue weighted by atomic mass is 35.5. The minimum absolute atomic E-state index is 0. The van der Waals surface area contributed by atoms with Crippen LogP contribution in [0.15, 0.2) is 0 Å². The summed E-state index contributed by atoms with van der Waals surface area (Å²) in [6.07, 6.45) is 4.03. The minimum atomic E-state index is -0.00330. The number of nitrogens with zero attached hydrogens (tertiary/aromatic N) is 1. The third kappa shape index (κ3) is 4.14. The van der Waals surface area contributed by atoms with Crippen LogP contribution in [0.3, 0.4) is 0 Å². The van der Waals surface area contributed by atoms with Crippen LogP contribution in [0.2, 0.25) is 0 Å². The molecule has 1 amide bonds. The van der Waals surface area contributed by atoms with E-state index in [-0.39, 0.29) is 23.9 Å². The lowest BCUT2D eigenvalue weighted by molar-refractivity contribution is -0.135. The zero-order chi connectivity index (χ0) is 12.3. The van der Waals surface area contributed by atoms with Gasteiger partial charge in [0, 0.05) is 25.0 Å². The topological polar surface area (TPSA) is 46.3 Å². The number of nitrogens with two attached hydrogens (primary N) is 1. The molecule has 0 aromatic carbocycles. The van der Waals surface area contributed by atoms with E-state index in [1.807, 2.05) is 11.9 Å². The molecule has 2 N–H and O–H groups in total. The summed E-state index contributed by atoms with van der Waals surface area (Å²) in [4.78, 5) is 14.0. The molecule has 1 aliphatic carbocycles. The van der Waals surface area contributed by atoms with Gasteiger partial charge >= 0.3 is 0 Å². The summed E-state index contributed by atoms with van der Waals surface area (Å²) in [6.45, 7) is 7.15. The Labute approximate surface area is 112 Å². The third-order valence-corrected chi connectivity index (χ3v) is 3.98. The first-order valence-electron chi connectivity index (χ1n) is 6.44. The van der Waals surface area contributed by atoms with E-state index < -0.39 is 0 Å². The van der Waals surface area contributed by atoms with Gasteiger partial charge in [0.1, 0.15) is 0 Å². The quantitative estimate of drug-likeness (QED) is 0.799. The first-order valence-corrected chi connectivity index (χ1v) is 6.44. The van der Waals surface area contributed by atoms with Gasteiger partial charge in [-0.2, -0.15) is 0 Å². The van der Waals surface area contributed by atoms with Gasteiger partial charge in [0.25, 0.3) is 0 Å². The molecule has 0 spiro atoms. The number of hydrogen-bond acceptors (Lipinski definition) is 2. The van der Waals surface area contributed by atoms with Crippen LogP contribution in [0, 0.1) is 11.3 Å². The number of amides is 1. The molecule has 0 heterocycles. The van der Waals surface area contributed by atoms with Gasteiger partial charge in [-0.15, -0.1) is 12.4 Å². The van der Waals surface area contributed by atoms with Crippen LogP contribution >= 0.6 is 12.4 Å². The van der Waals surface area contributed by atoms with Crippen LogP contribution in [0.5, 0.6) is 0 Å². The Hall–Kier alpha value is -0.280. The van der Waals surface area contributed by atoms with Crippen molar-refractivity contribution in [1.29, 1.82) is 0 Å². The maximum absolute atomic E-state index is 12.1. The zero-order valence-electron chi connectivity index (χ0n) is 11.5. The predicted molar refractivity (Wildman–Crippen MR) is 74.3 cm³/mol. The standard InChI is InChI=1S/C13H26N2O.ClH/c1-5-13(7-8-13)12(16)15(4)9-6-11(14)10(2)3;/h10-11H,5-9,14H2,1-4H3;1H. The van der Waals surface area contributed by atoms with Crippen LogP contribution in [0.25, 0.3) is 0 Å². The van der Waals surface area contributed by atoms with Crippen LogP contribution in [-0.4, -0.2) is 30.4 Å². The van der Waals surface area contributed by atoms with Crippen LogP contribution in [0.4, 0.5) is 0 Å². The molecule has 0 aromatic rings. The smallest absolute Gasteiger partial charge is 0.228 e. The van der Waals surface area contributed by atoms with Crippen molar-refractivity contribution in [2.75, 3.05) is 13.6 Å². The summed E-state index contributed by atoms with van der Waals surface area (Å²) in [5, 5.41) is 0. The van der Waals surface area contributed by atoms with Crippen LogP contribution in [-0.2, 0) is 4.79 Å². The first kappa shape index (κ1) is 16.7. The summed E-state index contributed by atoms with van der Waals surface area (Å²) < 4.78 is 0. The highest BCUT2D eigenvalue weighted by molar-refractivity contribution is 5.85. The second kappa shape index (κ2) is 6.60. The van der Waals surface area contributed by atoms with E-state index in [4.69, 9.17) is 5.73 Å². The number of rotatable bonds is 6. The van der Waals surface area contributed by atoms with Crippen molar-refractivity contribution in [3.8, 4) is 0 Å². The Morgan fingerprint density at radius 3 is 2.29 bits per heavy atom. The van der Waals surface area contributed by atoms with Crippen molar-refractivity contribution in [2.24, 2.45) is 17.1 Å². The fourth-order valence-electron chi connectivity index (χ4n) is 2.05. The average Bonchev–Trinajstić information content (AvgIpc) is 3.04. The van der Waals surface area contributed by atoms with Crippen molar-refractivity contribution in [3.63, 3.8) is 0 Å². The largest absolute Gasteiger partial charge is 0.345 e. The van der Waals surface area contributed by atoms with E-state index in [2.05, 4.69) is 20.8 Å². The number of halogens is 1. The number of carbonyl (C=O) groups is 1. The first-order chi connectivity index (χ1) is 7.43. The van der Waals surface area contributed by atoms with E-state index in [9.17, 15) is 4.79 Å². The SMILES string of the molecule is CCC1(C(=O)N(C)CCC(N)C(C)C)CC1.Cl. The molecule has 3 nitrogen and oxygen atoms in total. The molecular formula is C13H27ClN2O. The van der Waals surface area contributed by atoms with E-state index >= 15 is 0 Å². The molecular weight excluding hydrogens is 236 g/mol. The Bertz CT molecular complexity index is 252. The number of hydrogen-bond donors (Lipinski definition) is 1. The van der Waals surface area contributed by atoms with Gasteiger partial charge in [-0.3, -0.25) is 4.79 Å². The summed E-state index contributed by atoms with van der Waals surface area (Å²) in [5.74, 6) is 0.815. The highest BCUT2D eigenvalue weighted by Crippen LogP contribution is 2.49. The van der Waals surface area contributed by atoms with Gasteiger partial charge in [0.2, 0.25) is 5.91 Å². The minimum Gasteiger partial charge on any atom is -0.345 e. The van der Waals surface area contributed by atoms with Crippen molar-refractivity contribution < 1.29 is 4.79 Å². The lowest BCUT2D eigenvalue weighted by Gasteiger charge is -2.25. The molecule has 1 unspecified atom stereocenters. The van der Waals surface area contributed by atoms with Gasteiger partial charge in [0.15, 0.2) is 0 Å². The van der Waals surface area contributed by atoms with Gasteiger partial charge in [-0.25, -0.2) is 0 Å². The Balaban J connectivity index is 0.00000256. The fraction of sp³-hybridized carbons (Fsp3) is 0.923. The highest BCUT2D eigenvalue weighted by Gasteiger charge is 2.49. The van der Waals surface area contributed by atoms with E-state index in [0.29, 0.717) is 11.8 Å². The van der Waals surface area contributed by atoms with Crippen LogP contribution in [0.1, 0.15) is 46.5 Å². The lowest BCUT2D eigenvalue weighted by Crippen LogP contribution is -2.38. The molecule has 1 atom stereocenters. The maximum Gasteiger partial charge on any atom is 0.228 e. The van der Waals surface area contributed by atoms with Crippen molar-refractivity contribution in [3.05, 3.63) is 0 Å². The molecule has 1 fully saturated rings. The second-order valence-electron chi connectivity index (χ2n) is 5.56. The van der Waals surface area contributed by atoms with Gasteiger partial charge in [-0.1, -0.05) is 20.8 Å². The number of carbonyl (C=O) groups excluding carboxylic acids is 1. The van der Waals surface area contributed by atoms with Gasteiger partial charge in [-0.05, 0) is 31.6 Å². The van der Waals surface area contributed by atoms with Crippen molar-refractivity contribution in [1.82, 2.24) is 4.90 Å². The fourth-order valence-corrected chi connectivity index (χ4v) is 2.05. The summed E-state index contributed by atoms with van der Waals surface area (Å²) in [7, 11) is 1.91. The monoisotopic (exact) mass is 262 g/mol. The molecule has 0 radical (unpaired) electrons. The van der Waals surface area contributed by atoms with E-state index in [0.717, 1.165) is 32.2 Å². The maximum atomic E-state index is 12.1. The van der Waals surface area contributed by atoms with Gasteiger partial charge in [0.05, 0.1) is 0 Å². The summed E-state index contributed by atoms with van der Waals surface area (Å²) in [5.41, 5.74) is 5.98. The summed E-state index contributed by atoms with van der Waals surface area (Å²) >= 11 is 0. The predicted octanol–water partition coefficient (Wildman–Crippen LogP) is 2.43. The molecule has 1 saturated carbocycles. The molecule has 1 aliphatic rings. The second-order valence-corrected chi connectivity index (χ2v) is 5.56. The van der Waals surface area contributed by atoms with Crippen molar-refractivity contribution >= 4 is 18.3 Å². The molecule has 1 rings (SSSR count). The molecule has 17 heavy (non-hydrogen) atoms. The summed E-state index contributed by atoms with van der Waals surface area (Å²) in [6, 6.07) is 0.201. The van der Waals surface area contributed by atoms with E-state index in [1.165, 1.54) is 0 Å². The molecule has 0 bridgehead atoms. The molecule has 0 saturated heterocycles. The average molecular weight is 263 g/mol. The van der Waals surface area contributed by atoms with E-state index in [1.54, 1.807) is 0 Å². The third-order valence-electron chi connectivity index (χ3n) is 3.98. The molecule has 4 heteroatoms.